The molecule has 9 nitrogen and oxygen atoms in total. The number of urea groups is 1. The van der Waals surface area contributed by atoms with Crippen molar-refractivity contribution in [1.82, 2.24) is 24.9 Å². The Morgan fingerprint density at radius 2 is 2.06 bits per heavy atom. The number of amides is 3. The van der Waals surface area contributed by atoms with Gasteiger partial charge < -0.3 is 19.9 Å². The molecule has 3 aliphatic heterocycles. The number of carbonyl (C=O) groups excluding carboxylic acids is 2. The molecular weight excluding hydrogens is 408 g/mol. The number of carbonyl (C=O) groups is 2. The van der Waals surface area contributed by atoms with E-state index in [9.17, 15) is 9.59 Å². The van der Waals surface area contributed by atoms with Crippen molar-refractivity contribution in [2.24, 2.45) is 0 Å². The van der Waals surface area contributed by atoms with Crippen LogP contribution in [-0.2, 0) is 6.54 Å². The highest BCUT2D eigenvalue weighted by Crippen LogP contribution is 2.37. The molecule has 0 bridgehead atoms. The maximum Gasteiger partial charge on any atom is 0.321 e. The molecule has 0 radical (unpaired) electrons. The van der Waals surface area contributed by atoms with Gasteiger partial charge in [0.2, 0.25) is 0 Å². The predicted octanol–water partition coefficient (Wildman–Crippen LogP) is 2.84. The Morgan fingerprint density at radius 3 is 2.88 bits per heavy atom. The first-order valence-corrected chi connectivity index (χ1v) is 11.3. The van der Waals surface area contributed by atoms with Gasteiger partial charge in [-0.1, -0.05) is 6.07 Å². The summed E-state index contributed by atoms with van der Waals surface area (Å²) in [6.45, 7) is 7.43. The number of nitrogens with one attached hydrogen (secondary N) is 2. The monoisotopic (exact) mass is 438 g/mol. The number of fused-ring (bicyclic) bond motifs is 2. The highest BCUT2D eigenvalue weighted by Gasteiger charge is 2.42. The second-order valence-corrected chi connectivity index (χ2v) is 9.03. The van der Waals surface area contributed by atoms with Crippen molar-refractivity contribution in [3.05, 3.63) is 41.1 Å². The molecule has 0 saturated carbocycles. The number of rotatable bonds is 3. The summed E-state index contributed by atoms with van der Waals surface area (Å²) in [7, 11) is 1.57. The van der Waals surface area contributed by atoms with Crippen LogP contribution in [0.1, 0.15) is 54.3 Å². The van der Waals surface area contributed by atoms with Crippen molar-refractivity contribution in [2.45, 2.75) is 51.4 Å². The molecule has 0 spiro atoms. The van der Waals surface area contributed by atoms with E-state index < -0.39 is 0 Å². The van der Waals surface area contributed by atoms with Gasteiger partial charge in [-0.3, -0.25) is 14.8 Å². The van der Waals surface area contributed by atoms with Crippen molar-refractivity contribution < 1.29 is 14.3 Å². The Labute approximate surface area is 187 Å². The van der Waals surface area contributed by atoms with E-state index in [0.717, 1.165) is 37.3 Å². The van der Waals surface area contributed by atoms with Gasteiger partial charge in [0, 0.05) is 36.3 Å². The molecule has 1 aromatic carbocycles. The Morgan fingerprint density at radius 1 is 1.22 bits per heavy atom. The van der Waals surface area contributed by atoms with E-state index in [0.29, 0.717) is 29.7 Å². The fourth-order valence-electron chi connectivity index (χ4n) is 5.25. The van der Waals surface area contributed by atoms with E-state index >= 15 is 0 Å². The van der Waals surface area contributed by atoms with E-state index in [1.54, 1.807) is 31.4 Å². The SMILES string of the molecule is COc1cccc(C(=O)Nc2n[nH]c3c2CN(C(=O)N2C[C@@H]4CCCN4C[C@@H]2C)C3C)c1. The quantitative estimate of drug-likeness (QED) is 0.769. The maximum absolute atomic E-state index is 13.5. The highest BCUT2D eigenvalue weighted by atomic mass is 16.5. The standard InChI is InChI=1S/C23H30N6O3/c1-14-11-27-9-5-7-17(27)12-28(14)23(31)29-13-19-20(15(29)2)25-26-21(19)24-22(30)16-6-4-8-18(10-16)32-3/h4,6,8,10,14-15,17H,5,7,9,11-13H2,1-3H3,(H2,24,25,26,30)/t14-,15?,17-/m0/s1. The minimum absolute atomic E-state index is 0.0613. The first kappa shape index (κ1) is 20.8. The second-order valence-electron chi connectivity index (χ2n) is 9.03. The molecule has 5 rings (SSSR count). The largest absolute Gasteiger partial charge is 0.497 e. The van der Waals surface area contributed by atoms with E-state index in [1.807, 2.05) is 16.7 Å². The van der Waals surface area contributed by atoms with E-state index in [2.05, 4.69) is 27.3 Å². The zero-order valence-corrected chi connectivity index (χ0v) is 18.8. The lowest BCUT2D eigenvalue weighted by Crippen LogP contribution is -2.59. The number of ether oxygens (including phenoxy) is 1. The van der Waals surface area contributed by atoms with Crippen LogP contribution in [0.2, 0.25) is 0 Å². The molecule has 1 aromatic heterocycles. The number of hydrogen-bond donors (Lipinski definition) is 2. The van der Waals surface area contributed by atoms with Crippen molar-refractivity contribution in [1.29, 1.82) is 0 Å². The number of methoxy groups -OCH3 is 1. The number of anilines is 1. The molecule has 2 aromatic rings. The third-order valence-corrected chi connectivity index (χ3v) is 7.11. The first-order chi connectivity index (χ1) is 15.5. The summed E-state index contributed by atoms with van der Waals surface area (Å²) < 4.78 is 5.21. The molecule has 4 heterocycles. The van der Waals surface area contributed by atoms with Crippen molar-refractivity contribution in [3.8, 4) is 5.75 Å². The van der Waals surface area contributed by atoms with Crippen LogP contribution in [0, 0.1) is 0 Å². The third-order valence-electron chi connectivity index (χ3n) is 7.11. The lowest BCUT2D eigenvalue weighted by atomic mass is 10.1. The van der Waals surface area contributed by atoms with Gasteiger partial charge in [-0.2, -0.15) is 5.10 Å². The highest BCUT2D eigenvalue weighted by molar-refractivity contribution is 6.04. The Bertz CT molecular complexity index is 1040. The van der Waals surface area contributed by atoms with Gasteiger partial charge >= 0.3 is 6.03 Å². The molecule has 3 aliphatic rings. The molecule has 0 aliphatic carbocycles. The normalized spacial score (nSPS) is 24.9. The number of aromatic nitrogens is 2. The average molecular weight is 439 g/mol. The molecule has 3 atom stereocenters. The minimum Gasteiger partial charge on any atom is -0.497 e. The Kier molecular flexibility index (Phi) is 5.28. The summed E-state index contributed by atoms with van der Waals surface area (Å²) in [5.74, 6) is 0.831. The molecule has 2 saturated heterocycles. The maximum atomic E-state index is 13.5. The number of piperazine rings is 1. The smallest absolute Gasteiger partial charge is 0.321 e. The Balaban J connectivity index is 1.30. The Hall–Kier alpha value is -3.07. The van der Waals surface area contributed by atoms with Crippen molar-refractivity contribution in [3.63, 3.8) is 0 Å². The zero-order chi connectivity index (χ0) is 22.4. The van der Waals surface area contributed by atoms with Crippen LogP contribution >= 0.6 is 0 Å². The van der Waals surface area contributed by atoms with Gasteiger partial charge in [-0.05, 0) is 51.4 Å². The lowest BCUT2D eigenvalue weighted by molar-refractivity contribution is 0.0580. The first-order valence-electron chi connectivity index (χ1n) is 11.3. The molecule has 170 valence electrons. The lowest BCUT2D eigenvalue weighted by Gasteiger charge is -2.44. The summed E-state index contributed by atoms with van der Waals surface area (Å²) >= 11 is 0. The molecule has 1 unspecified atom stereocenters. The van der Waals surface area contributed by atoms with Gasteiger partial charge in [0.25, 0.3) is 5.91 Å². The molecule has 9 heteroatoms. The zero-order valence-electron chi connectivity index (χ0n) is 18.8. The summed E-state index contributed by atoms with van der Waals surface area (Å²) in [6, 6.07) is 7.58. The number of nitrogens with zero attached hydrogens (tertiary/aromatic N) is 4. The topological polar surface area (TPSA) is 93.8 Å². The van der Waals surface area contributed by atoms with E-state index in [-0.39, 0.29) is 24.0 Å². The van der Waals surface area contributed by atoms with Gasteiger partial charge in [0.1, 0.15) is 5.75 Å². The average Bonchev–Trinajstić information content (AvgIpc) is 3.50. The van der Waals surface area contributed by atoms with Crippen LogP contribution < -0.4 is 10.1 Å². The van der Waals surface area contributed by atoms with Crippen LogP contribution in [0.4, 0.5) is 10.6 Å². The van der Waals surface area contributed by atoms with Crippen LogP contribution in [0.15, 0.2) is 24.3 Å². The second kappa shape index (κ2) is 8.12. The number of H-pyrrole nitrogens is 1. The van der Waals surface area contributed by atoms with Gasteiger partial charge in [0.05, 0.1) is 25.4 Å². The van der Waals surface area contributed by atoms with Gasteiger partial charge in [-0.15, -0.1) is 0 Å². The summed E-state index contributed by atoms with van der Waals surface area (Å²) in [5, 5.41) is 10.2. The summed E-state index contributed by atoms with van der Waals surface area (Å²) in [5.41, 5.74) is 2.24. The van der Waals surface area contributed by atoms with Crippen LogP contribution in [0.25, 0.3) is 0 Å². The molecule has 3 amide bonds. The number of benzene rings is 1. The molecular formula is C23H30N6O3. The molecule has 2 N–H and O–H groups in total. The van der Waals surface area contributed by atoms with Crippen molar-refractivity contribution in [2.75, 3.05) is 32.1 Å². The summed E-state index contributed by atoms with van der Waals surface area (Å²) in [4.78, 5) is 32.7. The van der Waals surface area contributed by atoms with E-state index in [1.165, 1.54) is 6.42 Å². The van der Waals surface area contributed by atoms with E-state index in [4.69, 9.17) is 4.74 Å². The molecule has 2 fully saturated rings. The number of aromatic amines is 1. The van der Waals surface area contributed by atoms with Gasteiger partial charge in [-0.25, -0.2) is 4.79 Å². The van der Waals surface area contributed by atoms with Crippen molar-refractivity contribution >= 4 is 17.8 Å². The summed E-state index contributed by atoms with van der Waals surface area (Å²) in [6.07, 6.45) is 2.38. The molecule has 32 heavy (non-hydrogen) atoms. The fraction of sp³-hybridized carbons (Fsp3) is 0.522. The van der Waals surface area contributed by atoms with Crippen LogP contribution in [0.3, 0.4) is 0 Å². The van der Waals surface area contributed by atoms with Crippen LogP contribution in [-0.4, -0.2) is 75.7 Å². The van der Waals surface area contributed by atoms with Gasteiger partial charge in [0.15, 0.2) is 5.82 Å². The third kappa shape index (κ3) is 3.50. The fourth-order valence-corrected chi connectivity index (χ4v) is 5.25. The minimum atomic E-state index is -0.262. The van der Waals surface area contributed by atoms with Crippen LogP contribution in [0.5, 0.6) is 5.75 Å². The number of hydrogen-bond acceptors (Lipinski definition) is 5. The predicted molar refractivity (Wildman–Crippen MR) is 120 cm³/mol.